The summed E-state index contributed by atoms with van der Waals surface area (Å²) in [4.78, 5) is 187. The van der Waals surface area contributed by atoms with Crippen molar-refractivity contribution in [2.75, 3.05) is 0 Å². The Kier molecular flexibility index (Phi) is 17.3. The van der Waals surface area contributed by atoms with Crippen LogP contribution in [0.3, 0.4) is 0 Å². The number of hydrogen-bond acceptors (Lipinski definition) is 12. The summed E-state index contributed by atoms with van der Waals surface area (Å²) < 4.78 is 0.598. The first-order valence-electron chi connectivity index (χ1n) is 39.9. The highest BCUT2D eigenvalue weighted by molar-refractivity contribution is 9.10. The Hall–Kier alpha value is -13.5. The van der Waals surface area contributed by atoms with Gasteiger partial charge in [-0.3, -0.25) is 86.9 Å². The van der Waals surface area contributed by atoms with Crippen LogP contribution in [0.15, 0.2) is 142 Å². The second-order valence-corrected chi connectivity index (χ2v) is 39.4. The summed E-state index contributed by atoms with van der Waals surface area (Å²) in [6.07, 6.45) is 0. The number of carbonyl (C=O) groups is 12. The highest BCUT2D eigenvalue weighted by atomic mass is 79.9. The highest BCUT2D eigenvalue weighted by Gasteiger charge is 2.52. The van der Waals surface area contributed by atoms with Gasteiger partial charge in [-0.1, -0.05) is 95.9 Å². The zero-order valence-electron chi connectivity index (χ0n) is 70.0. The number of halogens is 2. The van der Waals surface area contributed by atoms with E-state index in [2.05, 4.69) is 79.2 Å². The second-order valence-electron chi connectivity index (χ2n) is 37.7. The molecule has 0 N–H and O–H groups in total. The normalized spacial score (nSPS) is 15.4. The summed E-state index contributed by atoms with van der Waals surface area (Å²) in [5.41, 5.74) is -2.53. The van der Waals surface area contributed by atoms with Crippen molar-refractivity contribution in [1.82, 2.24) is 29.4 Å². The van der Waals surface area contributed by atoms with Crippen LogP contribution in [-0.2, 0) is 0 Å². The molecule has 600 valence electrons. The van der Waals surface area contributed by atoms with Crippen LogP contribution in [-0.4, -0.2) is 134 Å². The molecule has 0 atom stereocenters. The van der Waals surface area contributed by atoms with Gasteiger partial charge in [0.05, 0.1) is 55.6 Å². The van der Waals surface area contributed by atoms with Gasteiger partial charge in [0.2, 0.25) is 0 Å². The van der Waals surface area contributed by atoms with E-state index in [1.165, 1.54) is 41.5 Å². The minimum absolute atomic E-state index is 0.00713. The fourth-order valence-corrected chi connectivity index (χ4v) is 19.4. The van der Waals surface area contributed by atoms with E-state index in [-0.39, 0.29) is 121 Å². The van der Waals surface area contributed by atoms with E-state index in [0.717, 1.165) is 21.5 Å². The van der Waals surface area contributed by atoms with E-state index in [9.17, 15) is 28.8 Å². The molecule has 0 aliphatic carbocycles. The number of fused-ring (bicyclic) bond motifs is 4. The third-order valence-electron chi connectivity index (χ3n) is 23.3. The highest BCUT2D eigenvalue weighted by Crippen LogP contribution is 2.50. The SMILES string of the molecule is CC(C)(C)N1C(=O)c2cc(C#Cc3cccc4cc5cccc(C#Cc6cc7c8c(c(C#Cc9cccc%10cc%11cccc(C#Cc%12cc%13c%14c(c(Br)cc%15c%14c%12C(=O)N(C(C)(C)C)C%15=O)C(=O)N(C(C)(C)C)C%13=O)c%11cc9%10)cc9c8c6C(=O)N(C(C)(C)C)C9=O)C(=O)N(C(C)(C)C)C7=O)c5cc34)c3c4c(cc(Br)c(c24)C1=O)C(=O)N(C(C)(C)C)C3=O. The Morgan fingerprint density at radius 2 is 0.377 bits per heavy atom. The van der Waals surface area contributed by atoms with Crippen LogP contribution >= 0.6 is 31.9 Å². The molecular weight excluding hydrogens is 1660 g/mol. The molecule has 20 heteroatoms. The lowest BCUT2D eigenvalue weighted by molar-refractivity contribution is 0.0435. The summed E-state index contributed by atoms with van der Waals surface area (Å²) in [7, 11) is 0. The average Bonchev–Trinajstić information content (AvgIpc) is 0.699. The van der Waals surface area contributed by atoms with Crippen LogP contribution < -0.4 is 0 Å². The van der Waals surface area contributed by atoms with E-state index < -0.39 is 104 Å². The molecule has 6 heterocycles. The molecule has 0 aromatic heterocycles. The predicted molar refractivity (Wildman–Crippen MR) is 476 cm³/mol. The first kappa shape index (κ1) is 79.6. The van der Waals surface area contributed by atoms with Crippen molar-refractivity contribution in [3.05, 3.63) is 254 Å². The first-order chi connectivity index (χ1) is 57.2. The summed E-state index contributed by atoms with van der Waals surface area (Å²) in [6.45, 7) is 31.4. The fourth-order valence-electron chi connectivity index (χ4n) is 18.2. The quantitative estimate of drug-likeness (QED) is 0.0785. The van der Waals surface area contributed by atoms with Gasteiger partial charge < -0.3 is 0 Å². The van der Waals surface area contributed by atoms with Gasteiger partial charge in [0.1, 0.15) is 0 Å². The number of carbonyl (C=O) groups excluding carboxylic acids is 12. The van der Waals surface area contributed by atoms with Crippen molar-refractivity contribution < 1.29 is 57.5 Å². The number of imide groups is 6. The number of rotatable bonds is 0. The second kappa shape index (κ2) is 26.5. The molecule has 0 spiro atoms. The monoisotopic (exact) mass is 1730 g/mol. The van der Waals surface area contributed by atoms with Gasteiger partial charge in [0.15, 0.2) is 0 Å². The van der Waals surface area contributed by atoms with Crippen molar-refractivity contribution in [3.8, 4) is 47.4 Å². The molecule has 0 bridgehead atoms. The maximum absolute atomic E-state index is 15.6. The Balaban J connectivity index is 0.780. The topological polar surface area (TPSA) is 224 Å². The third-order valence-corrected chi connectivity index (χ3v) is 24.6. The molecular formula is C102H76Br2N6O12. The lowest BCUT2D eigenvalue weighted by Crippen LogP contribution is -2.53. The van der Waals surface area contributed by atoms with Crippen molar-refractivity contribution in [3.63, 3.8) is 0 Å². The summed E-state index contributed by atoms with van der Waals surface area (Å²) >= 11 is 7.16. The standard InChI is InChI=1S/C102H76Br2N6O12/c1-97(2,3)105-85(111)65-41-58(36-32-50-24-20-28-54-40-56-30-22-26-52(64(56)46-62(50)54)34-38-60-44-68-82-80-70(90(116)108(100(10,11)12)94(120)76(60)80)48-72(104)84(82)96(122)110(88(68)114)102(16,17)18)74-78-66(86(112)106(92(74)118)98(4,5)6)42-57(73(77(65)78)91(105)117)35-31-49-23-19-27-53-39-55-29-21-25-51(63(55)45-61(49)53)33-37-59-43-67-81-79-69(89(115)107(99(7,8)9)93(119)75(59)79)47-71(103)83(81)95(121)109(87(67)113)101(13,14)15/h19-30,39-48H,1-18H3. The van der Waals surface area contributed by atoms with Crippen LogP contribution in [0, 0.1) is 47.4 Å². The molecule has 18 rings (SSSR count). The third kappa shape index (κ3) is 11.7. The molecule has 12 amide bonds. The van der Waals surface area contributed by atoms with Crippen molar-refractivity contribution in [2.24, 2.45) is 0 Å². The zero-order valence-corrected chi connectivity index (χ0v) is 73.2. The first-order valence-corrected chi connectivity index (χ1v) is 41.4. The molecule has 6 aliphatic heterocycles. The smallest absolute Gasteiger partial charge is 0.263 e. The average molecular weight is 1740 g/mol. The van der Waals surface area contributed by atoms with Gasteiger partial charge in [0.25, 0.3) is 70.9 Å². The molecule has 18 nitrogen and oxygen atoms in total. The van der Waals surface area contributed by atoms with Crippen LogP contribution in [0.4, 0.5) is 0 Å². The van der Waals surface area contributed by atoms with E-state index in [0.29, 0.717) is 52.7 Å². The lowest BCUT2D eigenvalue weighted by atomic mass is 9.79. The maximum Gasteiger partial charge on any atom is 0.263 e. The van der Waals surface area contributed by atoms with E-state index in [4.69, 9.17) is 0 Å². The lowest BCUT2D eigenvalue weighted by Gasteiger charge is -2.40. The summed E-state index contributed by atoms with van der Waals surface area (Å²) in [5, 5.41) is 6.77. The molecule has 0 unspecified atom stereocenters. The molecule has 6 aliphatic rings. The summed E-state index contributed by atoms with van der Waals surface area (Å²) in [6, 6.07) is 39.6. The Morgan fingerprint density at radius 1 is 0.205 bits per heavy atom. The summed E-state index contributed by atoms with van der Waals surface area (Å²) in [5.74, 6) is 19.1. The van der Waals surface area contributed by atoms with Crippen molar-refractivity contribution in [2.45, 2.75) is 158 Å². The molecule has 0 saturated carbocycles. The number of hydrogen-bond donors (Lipinski definition) is 0. The number of nitrogens with zero attached hydrogens (tertiary/aromatic N) is 6. The van der Waals surface area contributed by atoms with Gasteiger partial charge >= 0.3 is 0 Å². The Bertz CT molecular complexity index is 7110. The number of benzene rings is 12. The minimum atomic E-state index is -1.13. The molecule has 12 aromatic rings. The van der Waals surface area contributed by atoms with Crippen molar-refractivity contribution >= 4 is 178 Å². The van der Waals surface area contributed by atoms with Gasteiger partial charge in [-0.15, -0.1) is 0 Å². The van der Waals surface area contributed by atoms with E-state index in [1.807, 2.05) is 97.1 Å². The van der Waals surface area contributed by atoms with Gasteiger partial charge in [-0.25, -0.2) is 0 Å². The van der Waals surface area contributed by atoms with E-state index in [1.54, 1.807) is 149 Å². The Morgan fingerprint density at radius 3 is 0.574 bits per heavy atom. The number of amides is 12. The van der Waals surface area contributed by atoms with Crippen LogP contribution in [0.2, 0.25) is 0 Å². The van der Waals surface area contributed by atoms with E-state index >= 15 is 28.8 Å². The molecule has 12 aromatic carbocycles. The zero-order chi connectivity index (χ0) is 87.4. The Labute approximate surface area is 719 Å². The van der Waals surface area contributed by atoms with Gasteiger partial charge in [0, 0.05) is 130 Å². The van der Waals surface area contributed by atoms with Crippen molar-refractivity contribution in [1.29, 1.82) is 0 Å². The fraction of sp³-hybridized carbons (Fsp3) is 0.235. The minimum Gasteiger partial charge on any atom is -0.269 e. The molecule has 0 saturated heterocycles. The molecule has 0 fully saturated rings. The van der Waals surface area contributed by atoms with Gasteiger partial charge in [-0.05, 0) is 285 Å². The predicted octanol–water partition coefficient (Wildman–Crippen LogP) is 19.3. The maximum atomic E-state index is 15.6. The van der Waals surface area contributed by atoms with Crippen LogP contribution in [0.25, 0.3) is 75.4 Å². The molecule has 0 radical (unpaired) electrons. The van der Waals surface area contributed by atoms with Crippen LogP contribution in [0.1, 0.15) is 293 Å². The van der Waals surface area contributed by atoms with Crippen LogP contribution in [0.5, 0.6) is 0 Å². The van der Waals surface area contributed by atoms with Gasteiger partial charge in [-0.2, -0.15) is 0 Å². The largest absolute Gasteiger partial charge is 0.269 e. The molecule has 122 heavy (non-hydrogen) atoms.